The van der Waals surface area contributed by atoms with Crippen LogP contribution in [0.5, 0.6) is 0 Å². The molecule has 0 bridgehead atoms. The first-order valence-electron chi connectivity index (χ1n) is 11.3. The molecule has 8 heteroatoms. The lowest BCUT2D eigenvalue weighted by Gasteiger charge is -2.36. The Hall–Kier alpha value is -1.53. The van der Waals surface area contributed by atoms with Crippen LogP contribution in [0, 0.1) is 12.3 Å². The van der Waals surface area contributed by atoms with Crippen molar-refractivity contribution in [3.8, 4) is 0 Å². The summed E-state index contributed by atoms with van der Waals surface area (Å²) in [5, 5.41) is 9.45. The van der Waals surface area contributed by atoms with E-state index >= 15 is 0 Å². The number of carboxylic acid groups (broad SMARTS) is 1. The molecule has 2 heterocycles. The summed E-state index contributed by atoms with van der Waals surface area (Å²) in [5.41, 5.74) is 6.21. The third kappa shape index (κ3) is 4.72. The summed E-state index contributed by atoms with van der Waals surface area (Å²) in [6, 6.07) is 8.11. The number of thiol groups is 1. The molecule has 0 saturated carbocycles. The number of aliphatic carboxylic acids is 1. The van der Waals surface area contributed by atoms with Gasteiger partial charge >= 0.3 is 5.97 Å². The third-order valence-electron chi connectivity index (χ3n) is 6.96. The van der Waals surface area contributed by atoms with Crippen molar-refractivity contribution < 1.29 is 18.8 Å². The number of aromatic nitrogens is 1. The number of rotatable bonds is 6. The van der Waals surface area contributed by atoms with Gasteiger partial charge in [0.1, 0.15) is 6.54 Å². The topological polar surface area (TPSA) is 71.8 Å². The maximum atomic E-state index is 13.4. The average molecular weight is 479 g/mol. The zero-order valence-electron chi connectivity index (χ0n) is 19.3. The van der Waals surface area contributed by atoms with Gasteiger partial charge in [0.25, 0.3) is 0 Å². The van der Waals surface area contributed by atoms with Gasteiger partial charge in [-0.05, 0) is 85.0 Å². The van der Waals surface area contributed by atoms with Crippen molar-refractivity contribution >= 4 is 24.1 Å². The monoisotopic (exact) mass is 478 g/mol. The Balaban J connectivity index is 1.62. The Kier molecular flexibility index (Phi) is 6.66. The van der Waals surface area contributed by atoms with Crippen LogP contribution < -0.4 is 0 Å². The molecule has 0 radical (unpaired) electrons. The molecule has 4 rings (SSSR count). The number of hydrogen-bond acceptors (Lipinski definition) is 3. The van der Waals surface area contributed by atoms with E-state index in [0.29, 0.717) is 26.3 Å². The standard InChI is InChI=1S/C24H35N2O4PS/c1-17-20(21-15-24(2,3)9-8-22(21)26(17)16-23(27)28)14-18-4-6-19(7-5-18)32(29,31)25-10-12-30-13-11-25/h4-7,32H,8-16,31H2,1-3H3,(H,27,28). The molecule has 0 spiro atoms. The van der Waals surface area contributed by atoms with Crippen LogP contribution in [-0.4, -0.2) is 50.5 Å². The van der Waals surface area contributed by atoms with Crippen LogP contribution in [0.2, 0.25) is 0 Å². The molecule has 1 aliphatic heterocycles. The van der Waals surface area contributed by atoms with Gasteiger partial charge in [0, 0.05) is 29.4 Å². The van der Waals surface area contributed by atoms with Crippen molar-refractivity contribution in [2.24, 2.45) is 5.41 Å². The lowest BCUT2D eigenvalue weighted by Crippen LogP contribution is -2.41. The van der Waals surface area contributed by atoms with Gasteiger partial charge in [-0.15, -0.1) is 0 Å². The largest absolute Gasteiger partial charge is 0.480 e. The van der Waals surface area contributed by atoms with E-state index in [1.165, 1.54) is 16.8 Å². The maximum absolute atomic E-state index is 13.4. The van der Waals surface area contributed by atoms with E-state index in [4.69, 9.17) is 4.74 Å². The predicted molar refractivity (Wildman–Crippen MR) is 132 cm³/mol. The summed E-state index contributed by atoms with van der Waals surface area (Å²) < 4.78 is 22.9. The summed E-state index contributed by atoms with van der Waals surface area (Å²) >= 11 is 0. The molecule has 1 unspecified atom stereocenters. The SMILES string of the molecule is Cc1c(Cc2ccc([SH](=O)(P)N3CCOCC3)cc2)c2c(n1CC(=O)O)CCC(C)(C)C2. The van der Waals surface area contributed by atoms with E-state index in [9.17, 15) is 14.1 Å². The van der Waals surface area contributed by atoms with E-state index in [1.807, 2.05) is 27.9 Å². The molecule has 1 aromatic heterocycles. The summed E-state index contributed by atoms with van der Waals surface area (Å²) in [6.45, 7) is 9.24. The van der Waals surface area contributed by atoms with Gasteiger partial charge in [-0.1, -0.05) is 26.0 Å². The summed E-state index contributed by atoms with van der Waals surface area (Å²) in [7, 11) is -0.0923. The van der Waals surface area contributed by atoms with Gasteiger partial charge in [0.2, 0.25) is 0 Å². The number of morpholine rings is 1. The average Bonchev–Trinajstić information content (AvgIpc) is 2.98. The van der Waals surface area contributed by atoms with Gasteiger partial charge in [-0.2, -0.15) is 0 Å². The van der Waals surface area contributed by atoms with Gasteiger partial charge < -0.3 is 14.4 Å². The second kappa shape index (κ2) is 9.02. The zero-order valence-corrected chi connectivity index (χ0v) is 21.3. The third-order valence-corrected chi connectivity index (χ3v) is 11.1. The van der Waals surface area contributed by atoms with Crippen molar-refractivity contribution in [1.82, 2.24) is 8.87 Å². The lowest BCUT2D eigenvalue weighted by molar-refractivity contribution is -0.137. The summed E-state index contributed by atoms with van der Waals surface area (Å²) in [4.78, 5) is 12.3. The quantitative estimate of drug-likeness (QED) is 0.493. The van der Waals surface area contributed by atoms with Crippen LogP contribution in [-0.2, 0) is 45.1 Å². The lowest BCUT2D eigenvalue weighted by atomic mass is 9.75. The van der Waals surface area contributed by atoms with E-state index in [2.05, 4.69) is 34.4 Å². The molecule has 1 aromatic carbocycles. The summed E-state index contributed by atoms with van der Waals surface area (Å²) in [6.07, 6.45) is 3.73. The zero-order chi connectivity index (χ0) is 23.1. The molecular formula is C24H35N2O4PS. The highest BCUT2D eigenvalue weighted by atomic mass is 32.8. The number of benzene rings is 1. The molecule has 2 aliphatic rings. The van der Waals surface area contributed by atoms with Crippen LogP contribution >= 0.6 is 8.44 Å². The molecule has 6 nitrogen and oxygen atoms in total. The number of carbonyl (C=O) groups is 1. The van der Waals surface area contributed by atoms with Gasteiger partial charge in [-0.25, -0.2) is 4.31 Å². The van der Waals surface area contributed by atoms with Gasteiger partial charge in [0.15, 0.2) is 0 Å². The first-order chi connectivity index (χ1) is 15.1. The molecule has 1 fully saturated rings. The van der Waals surface area contributed by atoms with Crippen molar-refractivity contribution in [3.63, 3.8) is 0 Å². The molecule has 0 amide bonds. The minimum Gasteiger partial charge on any atom is -0.480 e. The van der Waals surface area contributed by atoms with Crippen molar-refractivity contribution in [2.45, 2.75) is 57.9 Å². The van der Waals surface area contributed by atoms with E-state index in [-0.39, 0.29) is 12.0 Å². The highest BCUT2D eigenvalue weighted by molar-refractivity contribution is 8.43. The van der Waals surface area contributed by atoms with Crippen molar-refractivity contribution in [1.29, 1.82) is 0 Å². The molecule has 32 heavy (non-hydrogen) atoms. The molecule has 1 atom stereocenters. The predicted octanol–water partition coefficient (Wildman–Crippen LogP) is 3.40. The fraction of sp³-hybridized carbons (Fsp3) is 0.542. The van der Waals surface area contributed by atoms with Crippen molar-refractivity contribution in [2.75, 3.05) is 26.3 Å². The Morgan fingerprint density at radius 2 is 1.88 bits per heavy atom. The van der Waals surface area contributed by atoms with Gasteiger partial charge in [0.05, 0.1) is 13.2 Å². The molecule has 2 aromatic rings. The molecule has 176 valence electrons. The second-order valence-corrected chi connectivity index (χ2v) is 14.3. The Labute approximate surface area is 193 Å². The number of fused-ring (bicyclic) bond motifs is 1. The fourth-order valence-corrected chi connectivity index (χ4v) is 7.94. The molecule has 1 N–H and O–H groups in total. The Morgan fingerprint density at radius 1 is 1.22 bits per heavy atom. The maximum Gasteiger partial charge on any atom is 0.323 e. The first kappa shape index (κ1) is 23.6. The van der Waals surface area contributed by atoms with Crippen LogP contribution in [0.25, 0.3) is 0 Å². The highest BCUT2D eigenvalue weighted by Gasteiger charge is 2.32. The normalized spacial score (nSPS) is 19.5. The van der Waals surface area contributed by atoms with E-state index < -0.39 is 15.7 Å². The first-order valence-corrected chi connectivity index (χ1v) is 14.6. The highest BCUT2D eigenvalue weighted by Crippen LogP contribution is 2.40. The minimum absolute atomic E-state index is 0.0172. The molecule has 1 aliphatic carbocycles. The van der Waals surface area contributed by atoms with Crippen molar-refractivity contribution in [3.05, 3.63) is 52.3 Å². The fourth-order valence-electron chi connectivity index (χ4n) is 5.07. The van der Waals surface area contributed by atoms with E-state index in [0.717, 1.165) is 41.8 Å². The second-order valence-electron chi connectivity index (χ2n) is 9.84. The minimum atomic E-state index is -2.68. The smallest absolute Gasteiger partial charge is 0.323 e. The number of hydrogen-bond donors (Lipinski definition) is 2. The Morgan fingerprint density at radius 3 is 2.50 bits per heavy atom. The molecule has 1 saturated heterocycles. The van der Waals surface area contributed by atoms with Crippen LogP contribution in [0.4, 0.5) is 0 Å². The number of carboxylic acids is 1. The Bertz CT molecular complexity index is 1050. The molecular weight excluding hydrogens is 443 g/mol. The number of ether oxygens (including phenoxy) is 1. The van der Waals surface area contributed by atoms with Crippen LogP contribution in [0.1, 0.15) is 48.3 Å². The van der Waals surface area contributed by atoms with Crippen LogP contribution in [0.3, 0.4) is 0 Å². The number of nitrogens with zero attached hydrogens (tertiary/aromatic N) is 2. The van der Waals surface area contributed by atoms with E-state index in [1.54, 1.807) is 0 Å². The van der Waals surface area contributed by atoms with Gasteiger partial charge in [-0.3, -0.25) is 9.00 Å². The van der Waals surface area contributed by atoms with Crippen LogP contribution in [0.15, 0.2) is 29.2 Å². The summed E-state index contributed by atoms with van der Waals surface area (Å²) in [5.74, 6) is -0.800.